The molecule has 0 saturated carbocycles. The molecule has 2 unspecified atom stereocenters. The molecule has 2 heterocycles. The van der Waals surface area contributed by atoms with Crippen LogP contribution in [0.4, 0.5) is 0 Å². The first-order valence-electron chi connectivity index (χ1n) is 11.3. The van der Waals surface area contributed by atoms with Gasteiger partial charge in [-0.25, -0.2) is 0 Å². The maximum Gasteiger partial charge on any atom is 0.316 e. The van der Waals surface area contributed by atoms with Crippen LogP contribution in [-0.4, -0.2) is 80.4 Å². The third-order valence-electron chi connectivity index (χ3n) is 6.69. The second-order valence-corrected chi connectivity index (χ2v) is 12.0. The lowest BCUT2D eigenvalue weighted by molar-refractivity contribution is -0.972. The number of para-hydroxylation sites is 1. The Bertz CT molecular complexity index is 1360. The molecule has 2 aliphatic heterocycles. The summed E-state index contributed by atoms with van der Waals surface area (Å²) < 4.78 is 80.1. The Morgan fingerprint density at radius 2 is 1.89 bits per heavy atom. The van der Waals surface area contributed by atoms with Crippen molar-refractivity contribution in [3.63, 3.8) is 0 Å². The summed E-state index contributed by atoms with van der Waals surface area (Å²) in [5.41, 5.74) is 1.80. The van der Waals surface area contributed by atoms with Gasteiger partial charge in [-0.1, -0.05) is 24.3 Å². The molecule has 36 heavy (non-hydrogen) atoms. The first-order valence-corrected chi connectivity index (χ1v) is 14.5. The number of rotatable bonds is 8. The fourth-order valence-electron chi connectivity index (χ4n) is 5.29. The van der Waals surface area contributed by atoms with Crippen molar-refractivity contribution >= 4 is 20.2 Å². The molecule has 1 saturated heterocycles. The molecule has 2 aliphatic rings. The smallest absolute Gasteiger partial charge is 0.316 e. The van der Waals surface area contributed by atoms with Crippen molar-refractivity contribution in [2.45, 2.75) is 24.8 Å². The van der Waals surface area contributed by atoms with Gasteiger partial charge in [0.05, 0.1) is 30.3 Å². The Hall–Kier alpha value is -2.57. The summed E-state index contributed by atoms with van der Waals surface area (Å²) in [6.07, 6.45) is -0.727. The number of hydrogen-bond donors (Lipinski definition) is 3. The summed E-state index contributed by atoms with van der Waals surface area (Å²) in [6, 6.07) is 14.3. The maximum atomic E-state index is 12.3. The third kappa shape index (κ3) is 6.04. The Morgan fingerprint density at radius 1 is 1.11 bits per heavy atom. The summed E-state index contributed by atoms with van der Waals surface area (Å²) >= 11 is 0. The van der Waals surface area contributed by atoms with E-state index in [1.54, 1.807) is 48.5 Å². The topological polar surface area (TPSA) is 163 Å². The van der Waals surface area contributed by atoms with E-state index < -0.39 is 50.1 Å². The molecular weight excluding hydrogens is 510 g/mol. The Kier molecular flexibility index (Phi) is 7.67. The van der Waals surface area contributed by atoms with E-state index in [0.29, 0.717) is 23.4 Å². The number of hydrogen-bond acceptors (Lipinski definition) is 8. The van der Waals surface area contributed by atoms with Gasteiger partial charge in [0.15, 0.2) is 0 Å². The molecule has 2 aromatic rings. The van der Waals surface area contributed by atoms with Crippen molar-refractivity contribution in [1.82, 2.24) is 5.32 Å². The molecule has 0 radical (unpaired) electrons. The van der Waals surface area contributed by atoms with Crippen LogP contribution in [0.25, 0.3) is 0 Å². The molecule has 194 valence electrons. The van der Waals surface area contributed by atoms with Gasteiger partial charge in [-0.05, 0) is 29.8 Å². The minimum Gasteiger partial charge on any atom is -0.490 e. The molecule has 0 bridgehead atoms. The summed E-state index contributed by atoms with van der Waals surface area (Å²) in [4.78, 5) is 0. The van der Waals surface area contributed by atoms with E-state index in [9.17, 15) is 31.2 Å². The van der Waals surface area contributed by atoms with E-state index in [0.717, 1.165) is 5.56 Å². The molecule has 0 amide bonds. The Morgan fingerprint density at radius 3 is 2.61 bits per heavy atom. The van der Waals surface area contributed by atoms with Gasteiger partial charge >= 0.3 is 10.1 Å². The highest BCUT2D eigenvalue weighted by Gasteiger charge is 2.55. The molecular formula is C23H28N3O8S2+. The highest BCUT2D eigenvalue weighted by Crippen LogP contribution is 2.44. The quantitative estimate of drug-likeness (QED) is 0.328. The molecule has 1 fully saturated rings. The molecule has 0 spiro atoms. The molecule has 4 rings (SSSR count). The Labute approximate surface area is 210 Å². The van der Waals surface area contributed by atoms with E-state index in [1.807, 2.05) is 0 Å². The lowest BCUT2D eigenvalue weighted by Crippen LogP contribution is -2.71. The summed E-state index contributed by atoms with van der Waals surface area (Å²) in [7, 11) is -9.07. The summed E-state index contributed by atoms with van der Waals surface area (Å²) in [6.45, 7) is 0.759. The van der Waals surface area contributed by atoms with Crippen LogP contribution < -0.4 is 10.1 Å². The number of benzene rings is 2. The number of nitrogens with one attached hydrogen (secondary N) is 1. The van der Waals surface area contributed by atoms with Crippen molar-refractivity contribution in [3.8, 4) is 11.8 Å². The van der Waals surface area contributed by atoms with E-state index >= 15 is 0 Å². The fraction of sp³-hybridized carbons (Fsp3) is 0.435. The van der Waals surface area contributed by atoms with Crippen LogP contribution in [0.2, 0.25) is 0 Å². The number of fused-ring (bicyclic) bond motifs is 1. The first kappa shape index (κ1) is 26.5. The van der Waals surface area contributed by atoms with Gasteiger partial charge in [0, 0.05) is 13.1 Å². The number of piperazine rings is 1. The van der Waals surface area contributed by atoms with Crippen molar-refractivity contribution in [3.05, 3.63) is 65.2 Å². The second-order valence-electron chi connectivity index (χ2n) is 9.10. The van der Waals surface area contributed by atoms with Gasteiger partial charge in [-0.15, -0.1) is 0 Å². The van der Waals surface area contributed by atoms with Gasteiger partial charge in [-0.2, -0.15) is 22.1 Å². The zero-order valence-electron chi connectivity index (χ0n) is 19.4. The van der Waals surface area contributed by atoms with Crippen LogP contribution in [0.5, 0.6) is 5.75 Å². The van der Waals surface area contributed by atoms with Gasteiger partial charge < -0.3 is 14.8 Å². The normalized spacial score (nSPS) is 26.4. The minimum absolute atomic E-state index is 0.0527. The van der Waals surface area contributed by atoms with Gasteiger partial charge in [0.1, 0.15) is 36.3 Å². The monoisotopic (exact) mass is 538 g/mol. The predicted octanol–water partition coefficient (Wildman–Crippen LogP) is 1.10. The molecule has 11 nitrogen and oxygen atoms in total. The summed E-state index contributed by atoms with van der Waals surface area (Å²) in [5.74, 6) is -0.963. The largest absolute Gasteiger partial charge is 0.490 e. The molecule has 0 aromatic heterocycles. The van der Waals surface area contributed by atoms with Crippen LogP contribution in [0.1, 0.15) is 22.7 Å². The van der Waals surface area contributed by atoms with Crippen molar-refractivity contribution in [2.75, 3.05) is 37.9 Å². The van der Waals surface area contributed by atoms with Crippen LogP contribution in [0, 0.1) is 11.3 Å². The highest BCUT2D eigenvalue weighted by atomic mass is 32.2. The maximum absolute atomic E-state index is 12.3. The molecule has 0 aliphatic carbocycles. The standard InChI is InChI=1S/C23H27N3O8S2/c24-11-17-4-3-5-18(10-17)13-33-22-14-34-21-7-2-1-6-20(21)23(22)26(16-36(30,31)32)9-8-25-12-19(26)15-35(27,28)29/h1-7,10,19,22-23,25H,8-9,12-16H2,(H-,27,28,29,30,31,32)/p+1/t19-,22?,23?,26-/m0/s1. The van der Waals surface area contributed by atoms with Crippen LogP contribution in [0.3, 0.4) is 0 Å². The van der Waals surface area contributed by atoms with Crippen LogP contribution in [0.15, 0.2) is 48.5 Å². The van der Waals surface area contributed by atoms with E-state index in [1.165, 1.54) is 0 Å². The lowest BCUT2D eigenvalue weighted by atomic mass is 9.91. The molecule has 4 atom stereocenters. The van der Waals surface area contributed by atoms with Gasteiger partial charge in [0.2, 0.25) is 5.88 Å². The highest BCUT2D eigenvalue weighted by molar-refractivity contribution is 7.86. The van der Waals surface area contributed by atoms with Gasteiger partial charge in [-0.3, -0.25) is 13.6 Å². The average Bonchev–Trinajstić information content (AvgIpc) is 2.82. The van der Waals surface area contributed by atoms with Crippen LogP contribution in [-0.2, 0) is 31.6 Å². The van der Waals surface area contributed by atoms with Crippen molar-refractivity contribution in [2.24, 2.45) is 0 Å². The molecule has 2 aromatic carbocycles. The lowest BCUT2D eigenvalue weighted by Gasteiger charge is -2.54. The third-order valence-corrected chi connectivity index (χ3v) is 8.30. The predicted molar refractivity (Wildman–Crippen MR) is 129 cm³/mol. The van der Waals surface area contributed by atoms with E-state index in [-0.39, 0.29) is 30.8 Å². The van der Waals surface area contributed by atoms with E-state index in [2.05, 4.69) is 11.4 Å². The van der Waals surface area contributed by atoms with Crippen molar-refractivity contribution < 1.29 is 39.9 Å². The van der Waals surface area contributed by atoms with Crippen LogP contribution >= 0.6 is 0 Å². The number of nitriles is 1. The number of quaternary nitrogens is 1. The van der Waals surface area contributed by atoms with Crippen molar-refractivity contribution in [1.29, 1.82) is 5.26 Å². The summed E-state index contributed by atoms with van der Waals surface area (Å²) in [5, 5.41) is 12.3. The first-order chi connectivity index (χ1) is 17.0. The molecule has 13 heteroatoms. The fourth-order valence-corrected chi connectivity index (χ4v) is 7.30. The SMILES string of the molecule is N#Cc1cccc(COC2COc3ccccc3C2[N@+]2(CS(=O)(=O)O)CCNC[C@H]2CS(=O)(=O)O)c1. The number of ether oxygens (including phenoxy) is 2. The zero-order valence-corrected chi connectivity index (χ0v) is 21.0. The minimum atomic E-state index is -4.59. The number of nitrogens with zero attached hydrogens (tertiary/aromatic N) is 2. The second kappa shape index (κ2) is 10.4. The Balaban J connectivity index is 1.80. The zero-order chi connectivity index (χ0) is 26.0. The van der Waals surface area contributed by atoms with E-state index in [4.69, 9.17) is 9.47 Å². The van der Waals surface area contributed by atoms with Gasteiger partial charge in [0.25, 0.3) is 10.1 Å². The molecule has 3 N–H and O–H groups in total. The average molecular weight is 539 g/mol.